The monoisotopic (exact) mass is 273 g/mol. The van der Waals surface area contributed by atoms with Crippen LogP contribution in [-0.2, 0) is 11.3 Å². The third-order valence-corrected chi connectivity index (χ3v) is 3.42. The van der Waals surface area contributed by atoms with Crippen LogP contribution >= 0.6 is 0 Å². The second-order valence-corrected chi connectivity index (χ2v) is 5.16. The largest absolute Gasteiger partial charge is 0.369 e. The van der Waals surface area contributed by atoms with E-state index in [0.717, 1.165) is 49.1 Å². The summed E-state index contributed by atoms with van der Waals surface area (Å²) in [5.74, 6) is 0.800. The first kappa shape index (κ1) is 13.2. The van der Waals surface area contributed by atoms with Crippen LogP contribution in [0.5, 0.6) is 0 Å². The molecule has 1 aliphatic rings. The summed E-state index contributed by atoms with van der Waals surface area (Å²) in [6, 6.07) is 4.01. The lowest BCUT2D eigenvalue weighted by molar-refractivity contribution is -0.0355. The first-order valence-corrected chi connectivity index (χ1v) is 6.85. The van der Waals surface area contributed by atoms with Crippen LogP contribution in [0.15, 0.2) is 18.3 Å². The second-order valence-electron chi connectivity index (χ2n) is 5.16. The average molecular weight is 273 g/mol. The highest BCUT2D eigenvalue weighted by atomic mass is 16.5. The number of aromatic nitrogens is 4. The van der Waals surface area contributed by atoms with Gasteiger partial charge in [0.15, 0.2) is 0 Å². The molecule has 106 valence electrons. The summed E-state index contributed by atoms with van der Waals surface area (Å²) in [5, 5.41) is 6.98. The fourth-order valence-electron chi connectivity index (χ4n) is 2.55. The number of nitrogens with one attached hydrogen (secondary N) is 1. The number of ether oxygens (including phenoxy) is 1. The molecule has 1 N–H and O–H groups in total. The van der Waals surface area contributed by atoms with Gasteiger partial charge in [0, 0.05) is 37.2 Å². The predicted octanol–water partition coefficient (Wildman–Crippen LogP) is 1.39. The Bertz CT molecular complexity index is 549. The molecule has 1 fully saturated rings. The Morgan fingerprint density at radius 2 is 2.30 bits per heavy atom. The Kier molecular flexibility index (Phi) is 3.75. The Morgan fingerprint density at radius 1 is 1.40 bits per heavy atom. The molecule has 0 aliphatic carbocycles. The molecule has 0 saturated carbocycles. The zero-order chi connectivity index (χ0) is 13.9. The molecule has 3 heterocycles. The minimum atomic E-state index is 0.0204. The van der Waals surface area contributed by atoms with Crippen LogP contribution in [0.4, 0.5) is 0 Å². The minimum Gasteiger partial charge on any atom is -0.369 e. The van der Waals surface area contributed by atoms with Gasteiger partial charge >= 0.3 is 0 Å². The Labute approximate surface area is 118 Å². The maximum atomic E-state index is 5.87. The Balaban J connectivity index is 1.71. The summed E-state index contributed by atoms with van der Waals surface area (Å²) in [4.78, 5) is 11.2. The molecule has 1 aliphatic heterocycles. The topological polar surface area (TPSA) is 66.9 Å². The summed E-state index contributed by atoms with van der Waals surface area (Å²) >= 11 is 0. The van der Waals surface area contributed by atoms with Gasteiger partial charge in [-0.25, -0.2) is 9.97 Å². The number of aryl methyl sites for hydroxylation is 2. The fourth-order valence-corrected chi connectivity index (χ4v) is 2.55. The van der Waals surface area contributed by atoms with Crippen molar-refractivity contribution < 1.29 is 4.74 Å². The van der Waals surface area contributed by atoms with E-state index in [4.69, 9.17) is 4.74 Å². The standard InChI is InChI=1S/C14H19N5O/c1-10-7-13(17-11(2)16-10)14-9-19(5-6-20-14)8-12-3-4-15-18-12/h3-4,7,14H,5-6,8-9H2,1-2H3,(H,15,18)/t14-/m1/s1. The van der Waals surface area contributed by atoms with E-state index in [0.29, 0.717) is 0 Å². The molecule has 2 aromatic rings. The maximum absolute atomic E-state index is 5.87. The summed E-state index contributed by atoms with van der Waals surface area (Å²) in [6.07, 6.45) is 1.80. The van der Waals surface area contributed by atoms with Crippen LogP contribution < -0.4 is 0 Å². The summed E-state index contributed by atoms with van der Waals surface area (Å²) < 4.78 is 5.87. The molecule has 20 heavy (non-hydrogen) atoms. The van der Waals surface area contributed by atoms with Crippen molar-refractivity contribution >= 4 is 0 Å². The van der Waals surface area contributed by atoms with E-state index < -0.39 is 0 Å². The van der Waals surface area contributed by atoms with Gasteiger partial charge in [0.2, 0.25) is 0 Å². The number of hydrogen-bond donors (Lipinski definition) is 1. The quantitative estimate of drug-likeness (QED) is 0.915. The molecular formula is C14H19N5O. The zero-order valence-electron chi connectivity index (χ0n) is 11.8. The van der Waals surface area contributed by atoms with Gasteiger partial charge in [-0.1, -0.05) is 0 Å². The van der Waals surface area contributed by atoms with Gasteiger partial charge in [0.1, 0.15) is 11.9 Å². The van der Waals surface area contributed by atoms with E-state index in [-0.39, 0.29) is 6.10 Å². The third kappa shape index (κ3) is 3.02. The van der Waals surface area contributed by atoms with Crippen LogP contribution in [0, 0.1) is 13.8 Å². The summed E-state index contributed by atoms with van der Waals surface area (Å²) in [7, 11) is 0. The maximum Gasteiger partial charge on any atom is 0.125 e. The van der Waals surface area contributed by atoms with Crippen molar-refractivity contribution in [1.82, 2.24) is 25.1 Å². The van der Waals surface area contributed by atoms with E-state index in [1.165, 1.54) is 0 Å². The van der Waals surface area contributed by atoms with E-state index in [1.807, 2.05) is 26.0 Å². The van der Waals surface area contributed by atoms with Gasteiger partial charge < -0.3 is 4.74 Å². The lowest BCUT2D eigenvalue weighted by Crippen LogP contribution is -2.38. The van der Waals surface area contributed by atoms with Crippen molar-refractivity contribution in [3.05, 3.63) is 41.2 Å². The molecule has 0 bridgehead atoms. The number of rotatable bonds is 3. The van der Waals surface area contributed by atoms with Crippen LogP contribution in [-0.4, -0.2) is 44.8 Å². The highest BCUT2D eigenvalue weighted by molar-refractivity contribution is 5.13. The number of morpholine rings is 1. The third-order valence-electron chi connectivity index (χ3n) is 3.42. The molecule has 6 nitrogen and oxygen atoms in total. The highest BCUT2D eigenvalue weighted by Gasteiger charge is 2.23. The van der Waals surface area contributed by atoms with Crippen molar-refractivity contribution in [1.29, 1.82) is 0 Å². The van der Waals surface area contributed by atoms with Crippen molar-refractivity contribution in [3.8, 4) is 0 Å². The van der Waals surface area contributed by atoms with Crippen molar-refractivity contribution in [2.45, 2.75) is 26.5 Å². The van der Waals surface area contributed by atoms with E-state index in [1.54, 1.807) is 6.20 Å². The molecule has 0 amide bonds. The van der Waals surface area contributed by atoms with Crippen molar-refractivity contribution in [3.63, 3.8) is 0 Å². The fraction of sp³-hybridized carbons (Fsp3) is 0.500. The number of H-pyrrole nitrogens is 1. The van der Waals surface area contributed by atoms with Crippen LogP contribution in [0.25, 0.3) is 0 Å². The summed E-state index contributed by atoms with van der Waals surface area (Å²) in [6.45, 7) is 7.27. The summed E-state index contributed by atoms with van der Waals surface area (Å²) in [5.41, 5.74) is 3.09. The molecule has 1 atom stereocenters. The predicted molar refractivity (Wildman–Crippen MR) is 74.1 cm³/mol. The molecule has 0 radical (unpaired) electrons. The number of hydrogen-bond acceptors (Lipinski definition) is 5. The molecule has 3 rings (SSSR count). The normalized spacial score (nSPS) is 20.2. The van der Waals surface area contributed by atoms with Gasteiger partial charge in [0.05, 0.1) is 12.3 Å². The minimum absolute atomic E-state index is 0.0204. The average Bonchev–Trinajstić information content (AvgIpc) is 2.91. The lowest BCUT2D eigenvalue weighted by Gasteiger charge is -2.32. The van der Waals surface area contributed by atoms with Gasteiger partial charge in [-0.3, -0.25) is 10.00 Å². The van der Waals surface area contributed by atoms with E-state index in [9.17, 15) is 0 Å². The smallest absolute Gasteiger partial charge is 0.125 e. The molecule has 0 spiro atoms. The highest BCUT2D eigenvalue weighted by Crippen LogP contribution is 2.22. The molecule has 0 unspecified atom stereocenters. The Morgan fingerprint density at radius 3 is 3.05 bits per heavy atom. The molecular weight excluding hydrogens is 254 g/mol. The Hall–Kier alpha value is -1.79. The van der Waals surface area contributed by atoms with Crippen LogP contribution in [0.1, 0.15) is 29.0 Å². The van der Waals surface area contributed by atoms with E-state index >= 15 is 0 Å². The van der Waals surface area contributed by atoms with Crippen LogP contribution in [0.3, 0.4) is 0 Å². The number of nitrogens with zero attached hydrogens (tertiary/aromatic N) is 4. The molecule has 6 heteroatoms. The van der Waals surface area contributed by atoms with Gasteiger partial charge in [-0.2, -0.15) is 5.10 Å². The SMILES string of the molecule is Cc1cc([C@H]2CN(Cc3ccn[nH]3)CCO2)nc(C)n1. The first-order chi connectivity index (χ1) is 9.70. The van der Waals surface area contributed by atoms with Gasteiger partial charge in [-0.05, 0) is 26.0 Å². The molecule has 2 aromatic heterocycles. The van der Waals surface area contributed by atoms with E-state index in [2.05, 4.69) is 25.1 Å². The van der Waals surface area contributed by atoms with Crippen molar-refractivity contribution in [2.75, 3.05) is 19.7 Å². The zero-order valence-corrected chi connectivity index (χ0v) is 11.8. The van der Waals surface area contributed by atoms with Crippen molar-refractivity contribution in [2.24, 2.45) is 0 Å². The first-order valence-electron chi connectivity index (χ1n) is 6.85. The van der Waals surface area contributed by atoms with Crippen LogP contribution in [0.2, 0.25) is 0 Å². The second kappa shape index (κ2) is 5.68. The molecule has 0 aromatic carbocycles. The number of aromatic amines is 1. The van der Waals surface area contributed by atoms with Gasteiger partial charge in [0.25, 0.3) is 0 Å². The molecule has 1 saturated heterocycles. The lowest BCUT2D eigenvalue weighted by atomic mass is 10.1. The van der Waals surface area contributed by atoms with Gasteiger partial charge in [-0.15, -0.1) is 0 Å².